The third kappa shape index (κ3) is 4.71. The number of nitrogens with one attached hydrogen (secondary N) is 1. The normalized spacial score (nSPS) is 13.5. The lowest BCUT2D eigenvalue weighted by atomic mass is 10.5. The largest absolute Gasteiger partial charge is 0.260 e. The average Bonchev–Trinajstić information content (AvgIpc) is 2.24. The topological polar surface area (TPSA) is 76.1 Å². The number of pyridine rings is 1. The maximum absolute atomic E-state index is 11.8. The van der Waals surface area contributed by atoms with Crippen LogP contribution in [0.4, 0.5) is 0 Å². The summed E-state index contributed by atoms with van der Waals surface area (Å²) in [6.45, 7) is 0.229. The molecule has 0 spiro atoms. The van der Waals surface area contributed by atoms with Gasteiger partial charge in [0, 0.05) is 35.5 Å². The van der Waals surface area contributed by atoms with Crippen molar-refractivity contribution in [3.8, 4) is 0 Å². The maximum atomic E-state index is 11.8. The van der Waals surface area contributed by atoms with Gasteiger partial charge in [-0.15, -0.1) is 0 Å². The summed E-state index contributed by atoms with van der Waals surface area (Å²) in [7, 11) is -4.55. The predicted molar refractivity (Wildman–Crippen MR) is 68.0 cm³/mol. The highest BCUT2D eigenvalue weighted by Gasteiger charge is 2.17. The zero-order valence-electron chi connectivity index (χ0n) is 9.22. The van der Waals surface area contributed by atoms with Crippen LogP contribution in [0.2, 0.25) is 5.15 Å². The number of nitrogens with zero attached hydrogens (tertiary/aromatic N) is 1. The molecule has 0 fully saturated rings. The van der Waals surface area contributed by atoms with E-state index in [-0.39, 0.29) is 16.6 Å². The lowest BCUT2D eigenvalue weighted by molar-refractivity contribution is 0.580. The van der Waals surface area contributed by atoms with Gasteiger partial charge in [0.05, 0.1) is 0 Å². The van der Waals surface area contributed by atoms with Crippen LogP contribution in [-0.4, -0.2) is 36.2 Å². The molecular weight excluding hydrogens is 284 g/mol. The number of rotatable bonds is 6. The van der Waals surface area contributed by atoms with Gasteiger partial charge in [0.1, 0.15) is 10.0 Å². The summed E-state index contributed by atoms with van der Waals surface area (Å²) in [5, 5.41) is -0.0564. The molecule has 5 nitrogen and oxygen atoms in total. The van der Waals surface area contributed by atoms with E-state index >= 15 is 0 Å². The fourth-order valence-electron chi connectivity index (χ4n) is 1.13. The minimum absolute atomic E-state index is 0.0423. The van der Waals surface area contributed by atoms with Crippen molar-refractivity contribution in [2.24, 2.45) is 0 Å². The first kappa shape index (κ1) is 14.6. The van der Waals surface area contributed by atoms with E-state index < -0.39 is 20.8 Å². The fraction of sp³-hybridized carbons (Fsp3) is 0.444. The van der Waals surface area contributed by atoms with Crippen molar-refractivity contribution in [2.75, 3.05) is 18.6 Å². The molecule has 0 saturated heterocycles. The Morgan fingerprint density at radius 2 is 2.24 bits per heavy atom. The number of halogens is 1. The van der Waals surface area contributed by atoms with Gasteiger partial charge in [-0.1, -0.05) is 11.6 Å². The molecule has 1 N–H and O–H groups in total. The molecule has 0 radical (unpaired) electrons. The first-order valence-corrected chi connectivity index (χ1v) is 8.42. The van der Waals surface area contributed by atoms with Gasteiger partial charge in [-0.25, -0.2) is 18.1 Å². The molecule has 96 valence electrons. The molecule has 0 aliphatic carbocycles. The van der Waals surface area contributed by atoms with Gasteiger partial charge in [0.25, 0.3) is 0 Å². The van der Waals surface area contributed by atoms with Crippen molar-refractivity contribution in [1.29, 1.82) is 0 Å². The Labute approximate surface area is 108 Å². The first-order chi connectivity index (χ1) is 7.93. The van der Waals surface area contributed by atoms with Gasteiger partial charge in [-0.3, -0.25) is 4.21 Å². The molecule has 17 heavy (non-hydrogen) atoms. The van der Waals surface area contributed by atoms with E-state index in [1.807, 2.05) is 0 Å². The smallest absolute Gasteiger partial charge is 0.243 e. The molecule has 1 unspecified atom stereocenters. The van der Waals surface area contributed by atoms with Crippen molar-refractivity contribution in [3.05, 3.63) is 23.5 Å². The van der Waals surface area contributed by atoms with Crippen molar-refractivity contribution in [3.63, 3.8) is 0 Å². The molecule has 1 rings (SSSR count). The van der Waals surface area contributed by atoms with Crippen LogP contribution >= 0.6 is 11.6 Å². The van der Waals surface area contributed by atoms with E-state index in [2.05, 4.69) is 9.71 Å². The maximum Gasteiger partial charge on any atom is 0.243 e. The molecule has 1 heterocycles. The Morgan fingerprint density at radius 3 is 2.82 bits per heavy atom. The molecule has 0 aliphatic rings. The van der Waals surface area contributed by atoms with Crippen LogP contribution in [-0.2, 0) is 20.8 Å². The lowest BCUT2D eigenvalue weighted by Gasteiger charge is -2.06. The summed E-state index contributed by atoms with van der Waals surface area (Å²) in [5.74, 6) is 0.462. The van der Waals surface area contributed by atoms with Gasteiger partial charge in [0.15, 0.2) is 0 Å². The van der Waals surface area contributed by atoms with Crippen molar-refractivity contribution >= 4 is 32.4 Å². The van der Waals surface area contributed by atoms with Crippen molar-refractivity contribution < 1.29 is 12.6 Å². The summed E-state index contributed by atoms with van der Waals surface area (Å²) < 4.78 is 36.8. The molecule has 1 atom stereocenters. The average molecular weight is 297 g/mol. The number of aromatic nitrogens is 1. The van der Waals surface area contributed by atoms with Crippen LogP contribution in [0, 0.1) is 0 Å². The van der Waals surface area contributed by atoms with E-state index in [4.69, 9.17) is 11.6 Å². The van der Waals surface area contributed by atoms with Crippen molar-refractivity contribution in [2.45, 2.75) is 11.3 Å². The number of hydrogen-bond donors (Lipinski definition) is 1. The van der Waals surface area contributed by atoms with Gasteiger partial charge in [-0.05, 0) is 18.6 Å². The van der Waals surface area contributed by atoms with Crippen molar-refractivity contribution in [1.82, 2.24) is 9.71 Å². The number of hydrogen-bond acceptors (Lipinski definition) is 4. The van der Waals surface area contributed by atoms with E-state index in [1.54, 1.807) is 6.26 Å². The highest BCUT2D eigenvalue weighted by atomic mass is 35.5. The van der Waals surface area contributed by atoms with Gasteiger partial charge < -0.3 is 0 Å². The van der Waals surface area contributed by atoms with E-state index in [0.29, 0.717) is 12.2 Å². The summed E-state index contributed by atoms with van der Waals surface area (Å²) in [4.78, 5) is 3.66. The Balaban J connectivity index is 2.64. The van der Waals surface area contributed by atoms with Gasteiger partial charge >= 0.3 is 0 Å². The molecule has 0 aliphatic heterocycles. The zero-order chi connectivity index (χ0) is 12.9. The summed E-state index contributed by atoms with van der Waals surface area (Å²) >= 11 is 5.69. The molecule has 1 aromatic heterocycles. The van der Waals surface area contributed by atoms with E-state index in [1.165, 1.54) is 18.3 Å². The Bertz CT molecular complexity index is 505. The third-order valence-electron chi connectivity index (χ3n) is 1.92. The molecule has 0 saturated carbocycles. The van der Waals surface area contributed by atoms with Crippen LogP contribution in [0.15, 0.2) is 23.2 Å². The molecule has 1 aromatic rings. The Morgan fingerprint density at radius 1 is 1.53 bits per heavy atom. The molecular formula is C9H13ClN2O3S2. The van der Waals surface area contributed by atoms with E-state index in [0.717, 1.165) is 0 Å². The summed E-state index contributed by atoms with van der Waals surface area (Å²) in [6, 6.07) is 2.89. The Kier molecular flexibility index (Phi) is 5.51. The third-order valence-corrected chi connectivity index (χ3v) is 4.68. The lowest BCUT2D eigenvalue weighted by Crippen LogP contribution is -2.26. The molecule has 0 bridgehead atoms. The molecule has 8 heteroatoms. The summed E-state index contributed by atoms with van der Waals surface area (Å²) in [6.07, 6.45) is 3.51. The molecule has 0 aromatic carbocycles. The summed E-state index contributed by atoms with van der Waals surface area (Å²) in [5.41, 5.74) is 0. The highest BCUT2D eigenvalue weighted by molar-refractivity contribution is 7.89. The van der Waals surface area contributed by atoms with Crippen LogP contribution in [0.5, 0.6) is 0 Å². The first-order valence-electron chi connectivity index (χ1n) is 4.83. The number of sulfonamides is 1. The quantitative estimate of drug-likeness (QED) is 0.622. The standard InChI is InChI=1S/C9H13ClN2O3S2/c1-16(13)7-3-6-12-17(14,15)8-4-2-5-11-9(8)10/h2,4-5,12H,3,6-7H2,1H3. The van der Waals surface area contributed by atoms with Gasteiger partial charge in [0.2, 0.25) is 10.0 Å². The van der Waals surface area contributed by atoms with Crippen LogP contribution in [0.3, 0.4) is 0 Å². The zero-order valence-corrected chi connectivity index (χ0v) is 11.6. The monoisotopic (exact) mass is 296 g/mol. The second-order valence-corrected chi connectivity index (χ2v) is 6.97. The second-order valence-electron chi connectivity index (χ2n) is 3.32. The highest BCUT2D eigenvalue weighted by Crippen LogP contribution is 2.17. The Hall–Kier alpha value is -0.500. The van der Waals surface area contributed by atoms with Gasteiger partial charge in [-0.2, -0.15) is 0 Å². The molecule has 0 amide bonds. The van der Waals surface area contributed by atoms with Crippen LogP contribution < -0.4 is 4.72 Å². The minimum atomic E-state index is -3.63. The predicted octanol–water partition coefficient (Wildman–Crippen LogP) is 0.782. The second kappa shape index (κ2) is 6.44. The minimum Gasteiger partial charge on any atom is -0.260 e. The SMILES string of the molecule is CS(=O)CCCNS(=O)(=O)c1cccnc1Cl. The van der Waals surface area contributed by atoms with Crippen LogP contribution in [0.25, 0.3) is 0 Å². The van der Waals surface area contributed by atoms with Crippen LogP contribution in [0.1, 0.15) is 6.42 Å². The van der Waals surface area contributed by atoms with E-state index in [9.17, 15) is 12.6 Å². The fourth-order valence-corrected chi connectivity index (χ4v) is 3.21.